The number of nitrogens with zero attached hydrogens (tertiary/aromatic N) is 1. The summed E-state index contributed by atoms with van der Waals surface area (Å²) in [6, 6.07) is 7.94. The molecule has 30 heavy (non-hydrogen) atoms. The van der Waals surface area contributed by atoms with Gasteiger partial charge in [0.2, 0.25) is 5.91 Å². The number of alkyl carbamates (subject to hydrolysis) is 1. The molecule has 166 valence electrons. The molecule has 1 aliphatic heterocycles. The Labute approximate surface area is 179 Å². The van der Waals surface area contributed by atoms with E-state index in [2.05, 4.69) is 5.32 Å². The van der Waals surface area contributed by atoms with Gasteiger partial charge in [0, 0.05) is 6.54 Å². The molecule has 7 nitrogen and oxygen atoms in total. The van der Waals surface area contributed by atoms with Crippen LogP contribution in [0.5, 0.6) is 0 Å². The second-order valence-electron chi connectivity index (χ2n) is 9.73. The van der Waals surface area contributed by atoms with Crippen LogP contribution < -0.4 is 5.32 Å². The van der Waals surface area contributed by atoms with E-state index in [0.717, 1.165) is 5.56 Å². The third kappa shape index (κ3) is 6.75. The van der Waals surface area contributed by atoms with Crippen LogP contribution in [0.4, 0.5) is 4.79 Å². The molecule has 0 radical (unpaired) electrons. The zero-order chi connectivity index (χ0) is 22.5. The first-order chi connectivity index (χ1) is 13.9. The third-order valence-corrected chi connectivity index (χ3v) is 4.81. The highest BCUT2D eigenvalue weighted by Crippen LogP contribution is 2.27. The normalized spacial score (nSPS) is 17.9. The number of hydrogen-bond acceptors (Lipinski definition) is 5. The van der Waals surface area contributed by atoms with E-state index >= 15 is 0 Å². The van der Waals surface area contributed by atoms with Crippen molar-refractivity contribution in [3.05, 3.63) is 35.9 Å². The first-order valence-electron chi connectivity index (χ1n) is 10.4. The molecule has 1 aromatic carbocycles. The molecule has 2 atom stereocenters. The lowest BCUT2D eigenvalue weighted by molar-refractivity contribution is -0.155. The van der Waals surface area contributed by atoms with Gasteiger partial charge in [0.25, 0.3) is 0 Å². The summed E-state index contributed by atoms with van der Waals surface area (Å²) < 4.78 is 10.8. The maximum absolute atomic E-state index is 13.3. The molecule has 1 saturated heterocycles. The van der Waals surface area contributed by atoms with Gasteiger partial charge in [-0.1, -0.05) is 51.1 Å². The van der Waals surface area contributed by atoms with E-state index in [4.69, 9.17) is 9.47 Å². The molecule has 1 unspecified atom stereocenters. The standard InChI is InChI=1S/C23H34N2O5/c1-22(2,3)18(24-21(28)30-23(4,5)6)19(26)25-14-10-13-17(25)20(27)29-15-16-11-8-7-9-12-16/h7-9,11-12,17-18H,10,13-15H2,1-6H3,(H,24,28)/t17-,18?/m0/s1. The average molecular weight is 419 g/mol. The maximum atomic E-state index is 13.3. The summed E-state index contributed by atoms with van der Waals surface area (Å²) in [5.41, 5.74) is -0.344. The van der Waals surface area contributed by atoms with Crippen molar-refractivity contribution in [1.82, 2.24) is 10.2 Å². The van der Waals surface area contributed by atoms with Crippen LogP contribution in [-0.4, -0.2) is 47.1 Å². The summed E-state index contributed by atoms with van der Waals surface area (Å²) in [6.45, 7) is 11.5. The Balaban J connectivity index is 2.08. The number of amides is 2. The molecule has 1 fully saturated rings. The van der Waals surface area contributed by atoms with Crippen LogP contribution in [-0.2, 0) is 25.7 Å². The minimum Gasteiger partial charge on any atom is -0.459 e. The lowest BCUT2D eigenvalue weighted by Crippen LogP contribution is -2.57. The first-order valence-corrected chi connectivity index (χ1v) is 10.4. The molecule has 7 heteroatoms. The van der Waals surface area contributed by atoms with Crippen molar-refractivity contribution < 1.29 is 23.9 Å². The van der Waals surface area contributed by atoms with Gasteiger partial charge < -0.3 is 19.7 Å². The van der Waals surface area contributed by atoms with Gasteiger partial charge in [0.1, 0.15) is 24.3 Å². The van der Waals surface area contributed by atoms with Crippen molar-refractivity contribution in [2.45, 2.75) is 78.7 Å². The fraction of sp³-hybridized carbons (Fsp3) is 0.609. The largest absolute Gasteiger partial charge is 0.459 e. The van der Waals surface area contributed by atoms with Gasteiger partial charge in [-0.3, -0.25) is 4.79 Å². The van der Waals surface area contributed by atoms with E-state index < -0.39 is 35.2 Å². The molecule has 1 aromatic rings. The minimum absolute atomic E-state index is 0.164. The smallest absolute Gasteiger partial charge is 0.408 e. The Morgan fingerprint density at radius 3 is 2.30 bits per heavy atom. The van der Waals surface area contributed by atoms with Gasteiger partial charge in [-0.25, -0.2) is 9.59 Å². The van der Waals surface area contributed by atoms with Crippen molar-refractivity contribution in [3.63, 3.8) is 0 Å². The number of ether oxygens (including phenoxy) is 2. The van der Waals surface area contributed by atoms with E-state index in [1.54, 1.807) is 20.8 Å². The van der Waals surface area contributed by atoms with Crippen LogP contribution in [0, 0.1) is 5.41 Å². The quantitative estimate of drug-likeness (QED) is 0.738. The third-order valence-electron chi connectivity index (χ3n) is 4.81. The van der Waals surface area contributed by atoms with E-state index in [-0.39, 0.29) is 12.5 Å². The van der Waals surface area contributed by atoms with Crippen molar-refractivity contribution in [1.29, 1.82) is 0 Å². The Bertz CT molecular complexity index is 749. The second-order valence-corrected chi connectivity index (χ2v) is 9.73. The fourth-order valence-electron chi connectivity index (χ4n) is 3.34. The zero-order valence-corrected chi connectivity index (χ0v) is 18.9. The van der Waals surface area contributed by atoms with Gasteiger partial charge in [0.15, 0.2) is 0 Å². The van der Waals surface area contributed by atoms with Crippen LogP contribution in [0.2, 0.25) is 0 Å². The van der Waals surface area contributed by atoms with E-state index in [9.17, 15) is 14.4 Å². The van der Waals surface area contributed by atoms with Crippen LogP contribution >= 0.6 is 0 Å². The Hall–Kier alpha value is -2.57. The topological polar surface area (TPSA) is 84.9 Å². The molecular weight excluding hydrogens is 384 g/mol. The highest BCUT2D eigenvalue weighted by Gasteiger charge is 2.43. The number of carbonyl (C=O) groups is 3. The fourth-order valence-corrected chi connectivity index (χ4v) is 3.34. The van der Waals surface area contributed by atoms with Gasteiger partial charge in [-0.2, -0.15) is 0 Å². The lowest BCUT2D eigenvalue weighted by atomic mass is 9.85. The number of esters is 1. The molecule has 1 aliphatic rings. The van der Waals surface area contributed by atoms with Crippen molar-refractivity contribution in [2.75, 3.05) is 6.54 Å². The number of nitrogens with one attached hydrogen (secondary N) is 1. The summed E-state index contributed by atoms with van der Waals surface area (Å²) in [7, 11) is 0. The summed E-state index contributed by atoms with van der Waals surface area (Å²) in [6.07, 6.45) is 0.598. The van der Waals surface area contributed by atoms with E-state index in [1.165, 1.54) is 4.90 Å². The molecule has 1 N–H and O–H groups in total. The number of carbonyl (C=O) groups excluding carboxylic acids is 3. The molecule has 0 aromatic heterocycles. The van der Waals surface area contributed by atoms with Crippen molar-refractivity contribution in [3.8, 4) is 0 Å². The molecule has 0 spiro atoms. The van der Waals surface area contributed by atoms with E-state index in [1.807, 2.05) is 51.1 Å². The van der Waals surface area contributed by atoms with Crippen LogP contribution in [0.25, 0.3) is 0 Å². The predicted molar refractivity (Wildman–Crippen MR) is 114 cm³/mol. The molecule has 0 bridgehead atoms. The SMILES string of the molecule is CC(C)(C)OC(=O)NC(C(=O)N1CCC[C@H]1C(=O)OCc1ccccc1)C(C)(C)C. The van der Waals surface area contributed by atoms with Crippen LogP contribution in [0.15, 0.2) is 30.3 Å². The summed E-state index contributed by atoms with van der Waals surface area (Å²) in [5, 5.41) is 2.70. The Kier molecular flexibility index (Phi) is 7.50. The van der Waals surface area contributed by atoms with E-state index in [0.29, 0.717) is 19.4 Å². The molecule has 2 rings (SSSR count). The van der Waals surface area contributed by atoms with Crippen molar-refractivity contribution in [2.24, 2.45) is 5.41 Å². The summed E-state index contributed by atoms with van der Waals surface area (Å²) >= 11 is 0. The maximum Gasteiger partial charge on any atom is 0.408 e. The number of benzene rings is 1. The minimum atomic E-state index is -0.824. The molecular formula is C23H34N2O5. The highest BCUT2D eigenvalue weighted by molar-refractivity contribution is 5.90. The van der Waals surface area contributed by atoms with Crippen LogP contribution in [0.1, 0.15) is 59.9 Å². The second kappa shape index (κ2) is 9.49. The van der Waals surface area contributed by atoms with Crippen molar-refractivity contribution >= 4 is 18.0 Å². The lowest BCUT2D eigenvalue weighted by Gasteiger charge is -2.35. The summed E-state index contributed by atoms with van der Waals surface area (Å²) in [5.74, 6) is -0.720. The molecule has 0 aliphatic carbocycles. The molecule has 0 saturated carbocycles. The zero-order valence-electron chi connectivity index (χ0n) is 18.9. The number of hydrogen-bond donors (Lipinski definition) is 1. The molecule has 1 heterocycles. The molecule has 2 amide bonds. The van der Waals surface area contributed by atoms with Gasteiger partial charge in [-0.05, 0) is 44.6 Å². The number of rotatable bonds is 5. The number of likely N-dealkylation sites (tertiary alicyclic amines) is 1. The first kappa shape index (κ1) is 23.7. The summed E-state index contributed by atoms with van der Waals surface area (Å²) in [4.78, 5) is 39.9. The Morgan fingerprint density at radius 1 is 1.10 bits per heavy atom. The van der Waals surface area contributed by atoms with Crippen LogP contribution in [0.3, 0.4) is 0 Å². The highest BCUT2D eigenvalue weighted by atomic mass is 16.6. The van der Waals surface area contributed by atoms with Gasteiger partial charge in [-0.15, -0.1) is 0 Å². The Morgan fingerprint density at radius 2 is 1.73 bits per heavy atom. The monoisotopic (exact) mass is 418 g/mol. The van der Waals surface area contributed by atoms with Gasteiger partial charge >= 0.3 is 12.1 Å². The predicted octanol–water partition coefficient (Wildman–Crippen LogP) is 3.66. The average Bonchev–Trinajstić information content (AvgIpc) is 3.12. The van der Waals surface area contributed by atoms with Gasteiger partial charge in [0.05, 0.1) is 0 Å².